The van der Waals surface area contributed by atoms with Gasteiger partial charge in [0.25, 0.3) is 0 Å². The Bertz CT molecular complexity index is 157. The fourth-order valence-electron chi connectivity index (χ4n) is 0.558. The zero-order chi connectivity index (χ0) is 8.85. The largest absolute Gasteiger partial charge is 0.469 e. The van der Waals surface area contributed by atoms with Crippen molar-refractivity contribution in [1.82, 2.24) is 0 Å². The Balaban J connectivity index is 3.60. The van der Waals surface area contributed by atoms with E-state index in [9.17, 15) is 9.59 Å². The van der Waals surface area contributed by atoms with Crippen LogP contribution in [0, 0.1) is 0 Å². The SMILES string of the molecule is COC(=O)CC(C)OC(N)=O. The van der Waals surface area contributed by atoms with Gasteiger partial charge in [0.05, 0.1) is 13.5 Å². The maximum absolute atomic E-state index is 10.5. The molecule has 0 aliphatic heterocycles. The van der Waals surface area contributed by atoms with E-state index in [2.05, 4.69) is 9.47 Å². The normalized spacial score (nSPS) is 11.8. The molecular weight excluding hydrogens is 150 g/mol. The summed E-state index contributed by atoms with van der Waals surface area (Å²) in [6.07, 6.45) is -1.39. The van der Waals surface area contributed by atoms with Gasteiger partial charge >= 0.3 is 12.1 Å². The fourth-order valence-corrected chi connectivity index (χ4v) is 0.558. The second-order valence-corrected chi connectivity index (χ2v) is 2.03. The summed E-state index contributed by atoms with van der Waals surface area (Å²) >= 11 is 0. The average molecular weight is 161 g/mol. The molecule has 0 rings (SSSR count). The van der Waals surface area contributed by atoms with Crippen molar-refractivity contribution in [2.45, 2.75) is 19.4 Å². The van der Waals surface area contributed by atoms with E-state index in [1.165, 1.54) is 7.11 Å². The summed E-state index contributed by atoms with van der Waals surface area (Å²) in [5.41, 5.74) is 4.70. The van der Waals surface area contributed by atoms with Gasteiger partial charge in [0.15, 0.2) is 0 Å². The Labute approximate surface area is 64.5 Å². The van der Waals surface area contributed by atoms with Gasteiger partial charge in [-0.1, -0.05) is 0 Å². The van der Waals surface area contributed by atoms with Gasteiger partial charge in [-0.2, -0.15) is 0 Å². The van der Waals surface area contributed by atoms with Crippen LogP contribution in [0.2, 0.25) is 0 Å². The van der Waals surface area contributed by atoms with E-state index in [1.807, 2.05) is 0 Å². The first-order valence-corrected chi connectivity index (χ1v) is 3.09. The number of hydrogen-bond acceptors (Lipinski definition) is 4. The zero-order valence-corrected chi connectivity index (χ0v) is 6.49. The van der Waals surface area contributed by atoms with E-state index < -0.39 is 18.2 Å². The Kier molecular flexibility index (Phi) is 4.02. The number of rotatable bonds is 3. The minimum atomic E-state index is -0.888. The number of methoxy groups -OCH3 is 1. The molecule has 5 nitrogen and oxygen atoms in total. The van der Waals surface area contributed by atoms with E-state index in [0.29, 0.717) is 0 Å². The lowest BCUT2D eigenvalue weighted by atomic mass is 10.3. The molecule has 0 aliphatic carbocycles. The molecule has 0 spiro atoms. The molecule has 1 unspecified atom stereocenters. The Hall–Kier alpha value is -1.26. The topological polar surface area (TPSA) is 78.6 Å². The maximum Gasteiger partial charge on any atom is 0.404 e. The molecule has 0 fully saturated rings. The molecule has 0 saturated carbocycles. The number of carbonyl (C=O) groups is 2. The smallest absolute Gasteiger partial charge is 0.404 e. The van der Waals surface area contributed by atoms with Gasteiger partial charge in [-0.15, -0.1) is 0 Å². The second-order valence-electron chi connectivity index (χ2n) is 2.03. The first-order valence-electron chi connectivity index (χ1n) is 3.09. The van der Waals surface area contributed by atoms with Crippen molar-refractivity contribution in [3.63, 3.8) is 0 Å². The summed E-state index contributed by atoms with van der Waals surface area (Å²) in [5, 5.41) is 0. The number of esters is 1. The van der Waals surface area contributed by atoms with Gasteiger partial charge in [0.2, 0.25) is 0 Å². The molecule has 0 saturated heterocycles. The van der Waals surface area contributed by atoms with Gasteiger partial charge < -0.3 is 15.2 Å². The summed E-state index contributed by atoms with van der Waals surface area (Å²) in [6.45, 7) is 1.56. The first kappa shape index (κ1) is 9.74. The van der Waals surface area contributed by atoms with Crippen molar-refractivity contribution in [2.24, 2.45) is 5.73 Å². The average Bonchev–Trinajstić information content (AvgIpc) is 1.85. The molecule has 5 heteroatoms. The predicted octanol–water partition coefficient (Wildman–Crippen LogP) is 0.0333. The molecule has 0 aromatic rings. The van der Waals surface area contributed by atoms with Crippen LogP contribution in [0.4, 0.5) is 4.79 Å². The molecule has 2 N–H and O–H groups in total. The van der Waals surface area contributed by atoms with E-state index >= 15 is 0 Å². The summed E-state index contributed by atoms with van der Waals surface area (Å²) in [7, 11) is 1.26. The van der Waals surface area contributed by atoms with Crippen LogP contribution in [0.1, 0.15) is 13.3 Å². The summed E-state index contributed by atoms with van der Waals surface area (Å²) < 4.78 is 8.79. The Morgan fingerprint density at radius 1 is 1.55 bits per heavy atom. The summed E-state index contributed by atoms with van der Waals surface area (Å²) in [6, 6.07) is 0. The summed E-state index contributed by atoms with van der Waals surface area (Å²) in [4.78, 5) is 20.7. The zero-order valence-electron chi connectivity index (χ0n) is 6.49. The van der Waals surface area contributed by atoms with Crippen LogP contribution in [0.25, 0.3) is 0 Å². The molecule has 0 aliphatic rings. The summed E-state index contributed by atoms with van der Waals surface area (Å²) in [5.74, 6) is -0.432. The van der Waals surface area contributed by atoms with Crippen LogP contribution in [0.5, 0.6) is 0 Å². The third-order valence-corrected chi connectivity index (χ3v) is 0.999. The molecule has 64 valence electrons. The highest BCUT2D eigenvalue weighted by Gasteiger charge is 2.11. The quantitative estimate of drug-likeness (QED) is 0.592. The standard InChI is InChI=1S/C6H11NO4/c1-4(11-6(7)9)3-5(8)10-2/h4H,3H2,1-2H3,(H2,7,9). The highest BCUT2D eigenvalue weighted by Crippen LogP contribution is 1.97. The van der Waals surface area contributed by atoms with E-state index in [4.69, 9.17) is 5.73 Å². The Morgan fingerprint density at radius 2 is 2.09 bits per heavy atom. The van der Waals surface area contributed by atoms with Crippen molar-refractivity contribution in [2.75, 3.05) is 7.11 Å². The molecule has 0 heterocycles. The van der Waals surface area contributed by atoms with Crippen molar-refractivity contribution < 1.29 is 19.1 Å². The lowest BCUT2D eigenvalue weighted by Crippen LogP contribution is -2.23. The van der Waals surface area contributed by atoms with Crippen molar-refractivity contribution in [3.05, 3.63) is 0 Å². The third kappa shape index (κ3) is 5.20. The number of ether oxygens (including phenoxy) is 2. The molecular formula is C6H11NO4. The molecule has 11 heavy (non-hydrogen) atoms. The lowest BCUT2D eigenvalue weighted by Gasteiger charge is -2.08. The van der Waals surface area contributed by atoms with Gasteiger partial charge in [0.1, 0.15) is 6.10 Å². The molecule has 1 atom stereocenters. The van der Waals surface area contributed by atoms with E-state index in [0.717, 1.165) is 0 Å². The maximum atomic E-state index is 10.5. The second kappa shape index (κ2) is 4.54. The highest BCUT2D eigenvalue weighted by atomic mass is 16.6. The van der Waals surface area contributed by atoms with Crippen LogP contribution < -0.4 is 5.73 Å². The van der Waals surface area contributed by atoms with Gasteiger partial charge in [0, 0.05) is 0 Å². The van der Waals surface area contributed by atoms with Crippen LogP contribution in [0.15, 0.2) is 0 Å². The van der Waals surface area contributed by atoms with E-state index in [1.54, 1.807) is 6.92 Å². The van der Waals surface area contributed by atoms with Crippen LogP contribution >= 0.6 is 0 Å². The first-order chi connectivity index (χ1) is 5.06. The van der Waals surface area contributed by atoms with E-state index in [-0.39, 0.29) is 6.42 Å². The number of carbonyl (C=O) groups excluding carboxylic acids is 2. The van der Waals surface area contributed by atoms with Crippen LogP contribution in [-0.2, 0) is 14.3 Å². The van der Waals surface area contributed by atoms with Crippen molar-refractivity contribution in [3.8, 4) is 0 Å². The number of amides is 1. The molecule has 1 amide bonds. The number of nitrogens with two attached hydrogens (primary N) is 1. The minimum absolute atomic E-state index is 0.0272. The lowest BCUT2D eigenvalue weighted by molar-refractivity contribution is -0.142. The van der Waals surface area contributed by atoms with Crippen molar-refractivity contribution >= 4 is 12.1 Å². The van der Waals surface area contributed by atoms with Crippen molar-refractivity contribution in [1.29, 1.82) is 0 Å². The third-order valence-electron chi connectivity index (χ3n) is 0.999. The number of hydrogen-bond donors (Lipinski definition) is 1. The predicted molar refractivity (Wildman–Crippen MR) is 36.8 cm³/mol. The van der Waals surface area contributed by atoms with Gasteiger partial charge in [-0.05, 0) is 6.92 Å². The Morgan fingerprint density at radius 3 is 2.45 bits per heavy atom. The fraction of sp³-hybridized carbons (Fsp3) is 0.667. The number of primary amides is 1. The minimum Gasteiger partial charge on any atom is -0.469 e. The molecule has 0 aromatic heterocycles. The van der Waals surface area contributed by atoms with Gasteiger partial charge in [-0.3, -0.25) is 4.79 Å². The highest BCUT2D eigenvalue weighted by molar-refractivity contribution is 5.70. The van der Waals surface area contributed by atoms with Crippen LogP contribution in [-0.4, -0.2) is 25.3 Å². The van der Waals surface area contributed by atoms with Gasteiger partial charge in [-0.25, -0.2) is 4.79 Å². The van der Waals surface area contributed by atoms with Crippen LogP contribution in [0.3, 0.4) is 0 Å². The monoisotopic (exact) mass is 161 g/mol. The molecule has 0 bridgehead atoms. The molecule has 0 aromatic carbocycles. The molecule has 0 radical (unpaired) electrons.